The summed E-state index contributed by atoms with van der Waals surface area (Å²) in [6, 6.07) is 8.02. The first-order chi connectivity index (χ1) is 9.09. The van der Waals surface area contributed by atoms with E-state index in [1.54, 1.807) is 0 Å². The van der Waals surface area contributed by atoms with Crippen molar-refractivity contribution in [2.75, 3.05) is 13.2 Å². The molecule has 0 aliphatic rings. The second-order valence-electron chi connectivity index (χ2n) is 7.34. The third-order valence-electron chi connectivity index (χ3n) is 2.99. The van der Waals surface area contributed by atoms with Crippen LogP contribution in [0.1, 0.15) is 47.1 Å². The molecule has 122 valence electrons. The van der Waals surface area contributed by atoms with Gasteiger partial charge in [0.1, 0.15) is 18.5 Å². The zero-order valence-corrected chi connectivity index (χ0v) is 14.8. The van der Waals surface area contributed by atoms with Crippen LogP contribution in [-0.4, -0.2) is 29.9 Å². The predicted molar refractivity (Wildman–Crippen MR) is 84.4 cm³/mol. The maximum absolute atomic E-state index is 9.98. The van der Waals surface area contributed by atoms with Gasteiger partial charge in [-0.25, -0.2) is 0 Å². The Hall–Kier alpha value is -0.770. The van der Waals surface area contributed by atoms with Crippen LogP contribution in [0.4, 0.5) is 0 Å². The number of hydrogen-bond donors (Lipinski definition) is 2. The second-order valence-corrected chi connectivity index (χ2v) is 7.34. The van der Waals surface area contributed by atoms with Gasteiger partial charge >= 0.3 is 0 Å². The molecule has 0 amide bonds. The molecule has 1 rings (SSSR count). The van der Waals surface area contributed by atoms with Gasteiger partial charge in [-0.15, -0.1) is 0 Å². The molecular formula is C17H29ClNO2-. The van der Waals surface area contributed by atoms with E-state index in [0.717, 1.165) is 11.3 Å². The van der Waals surface area contributed by atoms with Crippen LogP contribution in [-0.2, 0) is 5.41 Å². The van der Waals surface area contributed by atoms with Gasteiger partial charge < -0.3 is 27.6 Å². The van der Waals surface area contributed by atoms with E-state index in [4.69, 9.17) is 4.74 Å². The molecule has 1 aromatic rings. The monoisotopic (exact) mass is 314 g/mol. The van der Waals surface area contributed by atoms with Crippen molar-refractivity contribution in [2.24, 2.45) is 0 Å². The topological polar surface area (TPSA) is 41.5 Å². The Bertz CT molecular complexity index is 422. The lowest BCUT2D eigenvalue weighted by molar-refractivity contribution is -0.00000692. The smallest absolute Gasteiger partial charge is 0.123 e. The average Bonchev–Trinajstić information content (AvgIpc) is 2.32. The highest BCUT2D eigenvalue weighted by atomic mass is 35.5. The molecule has 0 radical (unpaired) electrons. The van der Waals surface area contributed by atoms with E-state index in [1.165, 1.54) is 0 Å². The van der Waals surface area contributed by atoms with Crippen LogP contribution in [0.2, 0.25) is 0 Å². The van der Waals surface area contributed by atoms with Crippen molar-refractivity contribution in [3.05, 3.63) is 29.8 Å². The normalized spacial score (nSPS) is 13.5. The first-order valence-electron chi connectivity index (χ1n) is 7.25. The van der Waals surface area contributed by atoms with E-state index in [0.29, 0.717) is 13.2 Å². The Labute approximate surface area is 135 Å². The Balaban J connectivity index is 0.00000400. The summed E-state index contributed by atoms with van der Waals surface area (Å²) in [5.74, 6) is 0.856. The molecule has 4 heteroatoms. The van der Waals surface area contributed by atoms with Crippen LogP contribution in [0.5, 0.6) is 5.75 Å². The van der Waals surface area contributed by atoms with Gasteiger partial charge in [-0.1, -0.05) is 39.0 Å². The highest BCUT2D eigenvalue weighted by molar-refractivity contribution is 5.38. The van der Waals surface area contributed by atoms with E-state index >= 15 is 0 Å². The zero-order chi connectivity index (χ0) is 15.4. The largest absolute Gasteiger partial charge is 1.00 e. The third-order valence-corrected chi connectivity index (χ3v) is 2.99. The molecule has 0 aliphatic heterocycles. The van der Waals surface area contributed by atoms with Crippen LogP contribution >= 0.6 is 0 Å². The minimum absolute atomic E-state index is 0. The van der Waals surface area contributed by atoms with Gasteiger partial charge in [-0.2, -0.15) is 0 Å². The van der Waals surface area contributed by atoms with Crippen molar-refractivity contribution in [3.8, 4) is 5.75 Å². The lowest BCUT2D eigenvalue weighted by Crippen LogP contribution is -3.00. The average molecular weight is 315 g/mol. The highest BCUT2D eigenvalue weighted by Crippen LogP contribution is 2.30. The van der Waals surface area contributed by atoms with Crippen molar-refractivity contribution in [1.29, 1.82) is 0 Å². The number of β-amino-alcohol motifs (C(OH)–C–C–N with tert-alkyl or cyclic N) is 1. The fourth-order valence-electron chi connectivity index (χ4n) is 1.88. The fraction of sp³-hybridized carbons (Fsp3) is 0.647. The minimum Gasteiger partial charge on any atom is -1.00 e. The van der Waals surface area contributed by atoms with Gasteiger partial charge in [0.15, 0.2) is 0 Å². The summed E-state index contributed by atoms with van der Waals surface area (Å²) in [6.45, 7) is 13.5. The van der Waals surface area contributed by atoms with Gasteiger partial charge in [-0.05, 0) is 37.8 Å². The number of hydrogen-bond acceptors (Lipinski definition) is 3. The molecule has 0 saturated heterocycles. The zero-order valence-electron chi connectivity index (χ0n) is 14.0. The molecular weight excluding hydrogens is 286 g/mol. The van der Waals surface area contributed by atoms with Gasteiger partial charge in [0.2, 0.25) is 0 Å². The molecule has 0 fully saturated rings. The number of benzene rings is 1. The van der Waals surface area contributed by atoms with Crippen LogP contribution in [0.15, 0.2) is 24.3 Å². The van der Waals surface area contributed by atoms with E-state index in [2.05, 4.69) is 52.9 Å². The fourth-order valence-corrected chi connectivity index (χ4v) is 1.88. The molecule has 0 heterocycles. The number of aliphatic hydroxyl groups is 1. The molecule has 2 N–H and O–H groups in total. The summed E-state index contributed by atoms with van der Waals surface area (Å²) < 4.78 is 5.80. The summed E-state index contributed by atoms with van der Waals surface area (Å²) in [6.07, 6.45) is -0.512. The summed E-state index contributed by atoms with van der Waals surface area (Å²) in [7, 11) is 0. The molecule has 21 heavy (non-hydrogen) atoms. The van der Waals surface area contributed by atoms with Gasteiger partial charge in [0.05, 0.1) is 0 Å². The molecule has 0 aliphatic carbocycles. The van der Waals surface area contributed by atoms with E-state index in [1.807, 2.05) is 18.2 Å². The SMILES string of the molecule is CC(C)(C)NCC(O)COc1ccccc1C(C)(C)C.[Cl-]. The Morgan fingerprint density at radius 2 is 1.67 bits per heavy atom. The molecule has 0 bridgehead atoms. The molecule has 0 saturated carbocycles. The number of rotatable bonds is 5. The summed E-state index contributed by atoms with van der Waals surface area (Å²) in [5, 5.41) is 13.3. The number of aliphatic hydroxyl groups excluding tert-OH is 1. The van der Waals surface area contributed by atoms with Crippen molar-refractivity contribution < 1.29 is 22.3 Å². The summed E-state index contributed by atoms with van der Waals surface area (Å²) in [4.78, 5) is 0. The van der Waals surface area contributed by atoms with E-state index in [-0.39, 0.29) is 23.4 Å². The quantitative estimate of drug-likeness (QED) is 0.811. The molecule has 1 unspecified atom stereocenters. The van der Waals surface area contributed by atoms with Crippen molar-refractivity contribution in [3.63, 3.8) is 0 Å². The third kappa shape index (κ3) is 7.70. The number of halogens is 1. The van der Waals surface area contributed by atoms with Gasteiger partial charge in [-0.3, -0.25) is 0 Å². The molecule has 3 nitrogen and oxygen atoms in total. The number of ether oxygens (including phenoxy) is 1. The summed E-state index contributed by atoms with van der Waals surface area (Å²) >= 11 is 0. The lowest BCUT2D eigenvalue weighted by Gasteiger charge is -2.25. The molecule has 1 aromatic carbocycles. The van der Waals surface area contributed by atoms with Crippen molar-refractivity contribution >= 4 is 0 Å². The highest BCUT2D eigenvalue weighted by Gasteiger charge is 2.19. The maximum Gasteiger partial charge on any atom is 0.123 e. The minimum atomic E-state index is -0.512. The van der Waals surface area contributed by atoms with Gasteiger partial charge in [0.25, 0.3) is 0 Å². The van der Waals surface area contributed by atoms with Crippen LogP contribution in [0, 0.1) is 0 Å². The number of nitrogens with one attached hydrogen (secondary N) is 1. The predicted octanol–water partition coefficient (Wildman–Crippen LogP) is 0.116. The lowest BCUT2D eigenvalue weighted by atomic mass is 9.86. The first kappa shape index (κ1) is 20.2. The molecule has 0 spiro atoms. The molecule has 0 aromatic heterocycles. The van der Waals surface area contributed by atoms with Gasteiger partial charge in [0, 0.05) is 12.1 Å². The number of para-hydroxylation sites is 1. The van der Waals surface area contributed by atoms with Crippen LogP contribution < -0.4 is 22.5 Å². The van der Waals surface area contributed by atoms with Crippen LogP contribution in [0.25, 0.3) is 0 Å². The van der Waals surface area contributed by atoms with E-state index < -0.39 is 6.10 Å². The Morgan fingerprint density at radius 3 is 2.19 bits per heavy atom. The second kappa shape index (κ2) is 8.02. The van der Waals surface area contributed by atoms with Crippen molar-refractivity contribution in [1.82, 2.24) is 5.32 Å². The Kier molecular flexibility index (Phi) is 7.73. The maximum atomic E-state index is 9.98. The Morgan fingerprint density at radius 1 is 1.10 bits per heavy atom. The first-order valence-corrected chi connectivity index (χ1v) is 7.25. The van der Waals surface area contributed by atoms with Crippen LogP contribution in [0.3, 0.4) is 0 Å². The standard InChI is InChI=1S/C17H29NO2.ClH/c1-16(2,3)14-9-7-8-10-15(14)20-12-13(19)11-18-17(4,5)6;/h7-10,13,18-19H,11-12H2,1-6H3;1H/p-1. The molecule has 1 atom stereocenters. The van der Waals surface area contributed by atoms with E-state index in [9.17, 15) is 5.11 Å². The summed E-state index contributed by atoms with van der Waals surface area (Å²) in [5.41, 5.74) is 1.20. The van der Waals surface area contributed by atoms with Crippen molar-refractivity contribution in [2.45, 2.75) is 58.6 Å².